The van der Waals surface area contributed by atoms with Gasteiger partial charge in [-0.25, -0.2) is 0 Å². The Morgan fingerprint density at radius 2 is 2.13 bits per heavy atom. The Morgan fingerprint density at radius 3 is 2.67 bits per heavy atom. The zero-order valence-electron chi connectivity index (χ0n) is 8.25. The van der Waals surface area contributed by atoms with E-state index in [2.05, 4.69) is 4.98 Å². The van der Waals surface area contributed by atoms with Crippen LogP contribution in [0.15, 0.2) is 18.5 Å². The van der Waals surface area contributed by atoms with Crippen LogP contribution in [-0.2, 0) is 0 Å². The molecule has 1 unspecified atom stereocenters. The van der Waals surface area contributed by atoms with Crippen LogP contribution >= 0.6 is 0 Å². The van der Waals surface area contributed by atoms with Gasteiger partial charge in [0.15, 0.2) is 0 Å². The number of pyridine rings is 1. The minimum absolute atomic E-state index is 0.323. The highest BCUT2D eigenvalue weighted by Gasteiger charge is 2.28. The summed E-state index contributed by atoms with van der Waals surface area (Å²) in [5.74, 6) is 0. The summed E-state index contributed by atoms with van der Waals surface area (Å²) in [6, 6.07) is 1.66. The van der Waals surface area contributed by atoms with Crippen molar-refractivity contribution in [2.75, 3.05) is 0 Å². The number of aliphatic hydroxyl groups is 1. The van der Waals surface area contributed by atoms with Gasteiger partial charge >= 0.3 is 6.18 Å². The van der Waals surface area contributed by atoms with Crippen LogP contribution in [-0.4, -0.2) is 16.3 Å². The van der Waals surface area contributed by atoms with Crippen LogP contribution in [0.2, 0.25) is 0 Å². The van der Waals surface area contributed by atoms with E-state index in [0.717, 1.165) is 5.56 Å². The molecule has 1 atom stereocenters. The van der Waals surface area contributed by atoms with Crippen LogP contribution < -0.4 is 0 Å². The molecule has 0 saturated heterocycles. The minimum atomic E-state index is -4.23. The Hall–Kier alpha value is -1.10. The molecule has 2 nitrogen and oxygen atoms in total. The normalized spacial score (nSPS) is 13.9. The van der Waals surface area contributed by atoms with Crippen molar-refractivity contribution < 1.29 is 18.3 Å². The highest BCUT2D eigenvalue weighted by atomic mass is 19.4. The first-order chi connectivity index (χ1) is 6.90. The highest BCUT2D eigenvalue weighted by molar-refractivity contribution is 5.23. The van der Waals surface area contributed by atoms with E-state index >= 15 is 0 Å². The first-order valence-electron chi connectivity index (χ1n) is 4.55. The highest BCUT2D eigenvalue weighted by Crippen LogP contribution is 2.28. The second kappa shape index (κ2) is 4.61. The second-order valence-corrected chi connectivity index (χ2v) is 3.40. The van der Waals surface area contributed by atoms with E-state index in [0.29, 0.717) is 5.56 Å². The van der Waals surface area contributed by atoms with Gasteiger partial charge in [-0.15, -0.1) is 0 Å². The second-order valence-electron chi connectivity index (χ2n) is 3.40. The van der Waals surface area contributed by atoms with E-state index in [1.165, 1.54) is 12.4 Å². The molecule has 0 spiro atoms. The molecule has 0 aliphatic carbocycles. The molecular formula is C10H12F3NO. The van der Waals surface area contributed by atoms with Crippen molar-refractivity contribution in [3.05, 3.63) is 29.6 Å². The Labute approximate surface area is 85.8 Å². The molecule has 1 N–H and O–H groups in total. The maximum Gasteiger partial charge on any atom is 0.389 e. The average Bonchev–Trinajstić information content (AvgIpc) is 2.14. The number of aryl methyl sites for hydroxylation is 1. The number of halogens is 3. The predicted molar refractivity (Wildman–Crippen MR) is 49.2 cm³/mol. The molecule has 0 aliphatic heterocycles. The van der Waals surface area contributed by atoms with Crippen LogP contribution in [0.25, 0.3) is 0 Å². The standard InChI is InChI=1S/C10H12F3NO/c1-7-3-5-14-6-8(7)9(15)2-4-10(11,12)13/h3,5-6,9,15H,2,4H2,1H3. The largest absolute Gasteiger partial charge is 0.389 e. The number of aliphatic hydroxyl groups excluding tert-OH is 1. The molecule has 0 fully saturated rings. The molecule has 5 heteroatoms. The van der Waals surface area contributed by atoms with Gasteiger partial charge in [0, 0.05) is 24.4 Å². The summed E-state index contributed by atoms with van der Waals surface area (Å²) in [6.07, 6.45) is -3.69. The van der Waals surface area contributed by atoms with Crippen molar-refractivity contribution in [3.63, 3.8) is 0 Å². The minimum Gasteiger partial charge on any atom is -0.388 e. The number of aromatic nitrogens is 1. The van der Waals surface area contributed by atoms with E-state index in [1.807, 2.05) is 0 Å². The van der Waals surface area contributed by atoms with Gasteiger partial charge in [0.25, 0.3) is 0 Å². The third-order valence-corrected chi connectivity index (χ3v) is 2.14. The van der Waals surface area contributed by atoms with Gasteiger partial charge in [0.2, 0.25) is 0 Å². The number of alkyl halides is 3. The molecule has 0 bridgehead atoms. The first kappa shape index (κ1) is 12.0. The fourth-order valence-corrected chi connectivity index (χ4v) is 1.28. The van der Waals surface area contributed by atoms with Gasteiger partial charge in [0.05, 0.1) is 6.10 Å². The summed E-state index contributed by atoms with van der Waals surface area (Å²) in [7, 11) is 0. The summed E-state index contributed by atoms with van der Waals surface area (Å²) in [6.45, 7) is 1.73. The molecule has 1 heterocycles. The summed E-state index contributed by atoms with van der Waals surface area (Å²) in [4.78, 5) is 3.77. The average molecular weight is 219 g/mol. The third-order valence-electron chi connectivity index (χ3n) is 2.14. The van der Waals surface area contributed by atoms with Crippen molar-refractivity contribution in [2.24, 2.45) is 0 Å². The van der Waals surface area contributed by atoms with Crippen molar-refractivity contribution in [2.45, 2.75) is 32.0 Å². The molecule has 1 aromatic heterocycles. The predicted octanol–water partition coefficient (Wildman–Crippen LogP) is 2.77. The van der Waals surface area contributed by atoms with E-state index in [-0.39, 0.29) is 6.42 Å². The van der Waals surface area contributed by atoms with Gasteiger partial charge in [-0.05, 0) is 25.0 Å². The maximum absolute atomic E-state index is 11.9. The van der Waals surface area contributed by atoms with Gasteiger partial charge in [-0.1, -0.05) is 0 Å². The lowest BCUT2D eigenvalue weighted by Crippen LogP contribution is -2.10. The number of nitrogens with zero attached hydrogens (tertiary/aromatic N) is 1. The molecule has 0 amide bonds. The topological polar surface area (TPSA) is 33.1 Å². The number of rotatable bonds is 3. The Morgan fingerprint density at radius 1 is 1.47 bits per heavy atom. The lowest BCUT2D eigenvalue weighted by Gasteiger charge is -2.14. The number of hydrogen-bond donors (Lipinski definition) is 1. The van der Waals surface area contributed by atoms with Gasteiger partial charge in [0.1, 0.15) is 0 Å². The van der Waals surface area contributed by atoms with E-state index < -0.39 is 18.7 Å². The molecular weight excluding hydrogens is 207 g/mol. The van der Waals surface area contributed by atoms with Crippen molar-refractivity contribution in [3.8, 4) is 0 Å². The van der Waals surface area contributed by atoms with Crippen LogP contribution in [0.4, 0.5) is 13.2 Å². The Kier molecular flexibility index (Phi) is 3.68. The molecule has 1 aromatic rings. The monoisotopic (exact) mass is 219 g/mol. The van der Waals surface area contributed by atoms with Gasteiger partial charge in [-0.3, -0.25) is 4.98 Å². The molecule has 15 heavy (non-hydrogen) atoms. The van der Waals surface area contributed by atoms with Crippen LogP contribution in [0.3, 0.4) is 0 Å². The van der Waals surface area contributed by atoms with Gasteiger partial charge in [-0.2, -0.15) is 13.2 Å². The number of hydrogen-bond acceptors (Lipinski definition) is 2. The molecule has 0 radical (unpaired) electrons. The van der Waals surface area contributed by atoms with Gasteiger partial charge < -0.3 is 5.11 Å². The van der Waals surface area contributed by atoms with E-state index in [9.17, 15) is 18.3 Å². The third kappa shape index (κ3) is 3.87. The van der Waals surface area contributed by atoms with E-state index in [1.54, 1.807) is 13.0 Å². The van der Waals surface area contributed by atoms with Crippen molar-refractivity contribution in [1.29, 1.82) is 0 Å². The summed E-state index contributed by atoms with van der Waals surface area (Å²) >= 11 is 0. The molecule has 1 rings (SSSR count). The lowest BCUT2D eigenvalue weighted by atomic mass is 10.0. The lowest BCUT2D eigenvalue weighted by molar-refractivity contribution is -0.140. The first-order valence-corrected chi connectivity index (χ1v) is 4.55. The smallest absolute Gasteiger partial charge is 0.388 e. The van der Waals surface area contributed by atoms with Crippen molar-refractivity contribution >= 4 is 0 Å². The molecule has 0 saturated carbocycles. The molecule has 0 aliphatic rings. The fourth-order valence-electron chi connectivity index (χ4n) is 1.28. The molecule has 0 aromatic carbocycles. The fraction of sp³-hybridized carbons (Fsp3) is 0.500. The summed E-state index contributed by atoms with van der Waals surface area (Å²) in [5, 5.41) is 9.52. The quantitative estimate of drug-likeness (QED) is 0.847. The Bertz CT molecular complexity index is 325. The zero-order valence-corrected chi connectivity index (χ0v) is 8.25. The van der Waals surface area contributed by atoms with Crippen LogP contribution in [0, 0.1) is 6.92 Å². The summed E-state index contributed by atoms with van der Waals surface area (Å²) in [5.41, 5.74) is 1.21. The Balaban J connectivity index is 2.62. The molecule has 84 valence electrons. The summed E-state index contributed by atoms with van der Waals surface area (Å²) < 4.78 is 35.7. The SMILES string of the molecule is Cc1ccncc1C(O)CCC(F)(F)F. The van der Waals surface area contributed by atoms with E-state index in [4.69, 9.17) is 0 Å². The van der Waals surface area contributed by atoms with Crippen molar-refractivity contribution in [1.82, 2.24) is 4.98 Å². The van der Waals surface area contributed by atoms with Crippen LogP contribution in [0.5, 0.6) is 0 Å². The zero-order chi connectivity index (χ0) is 11.5. The van der Waals surface area contributed by atoms with Crippen LogP contribution in [0.1, 0.15) is 30.1 Å². The maximum atomic E-state index is 11.9.